The van der Waals surface area contributed by atoms with E-state index >= 15 is 0 Å². The number of rotatable bonds is 5. The van der Waals surface area contributed by atoms with Gasteiger partial charge in [-0.3, -0.25) is 4.79 Å². The molecule has 0 aliphatic carbocycles. The molecule has 0 spiro atoms. The van der Waals surface area contributed by atoms with Gasteiger partial charge in [0.15, 0.2) is 11.5 Å². The quantitative estimate of drug-likeness (QED) is 0.805. The van der Waals surface area contributed by atoms with Crippen molar-refractivity contribution in [1.29, 1.82) is 0 Å². The van der Waals surface area contributed by atoms with Gasteiger partial charge in [0.05, 0.1) is 0 Å². The number of hydrogen-bond donors (Lipinski definition) is 2. The molecule has 2 amide bonds. The Morgan fingerprint density at radius 1 is 1.03 bits per heavy atom. The molecule has 0 radical (unpaired) electrons. The van der Waals surface area contributed by atoms with Gasteiger partial charge in [-0.2, -0.15) is 0 Å². The van der Waals surface area contributed by atoms with Crippen LogP contribution in [0.1, 0.15) is 26.3 Å². The third-order valence-corrected chi connectivity index (χ3v) is 4.10. The van der Waals surface area contributed by atoms with E-state index in [0.29, 0.717) is 36.8 Å². The van der Waals surface area contributed by atoms with E-state index in [4.69, 9.17) is 14.2 Å². The van der Waals surface area contributed by atoms with Gasteiger partial charge in [-0.15, -0.1) is 0 Å². The molecule has 0 bridgehead atoms. The van der Waals surface area contributed by atoms with Crippen LogP contribution < -0.4 is 20.1 Å². The fraction of sp³-hybridized carbons (Fsp3) is 0.364. The van der Waals surface area contributed by atoms with Crippen LogP contribution in [0, 0.1) is 0 Å². The van der Waals surface area contributed by atoms with Crippen molar-refractivity contribution in [2.24, 2.45) is 0 Å². The summed E-state index contributed by atoms with van der Waals surface area (Å²) in [7, 11) is 0. The lowest BCUT2D eigenvalue weighted by Gasteiger charge is -2.24. The number of hydrogen-bond acceptors (Lipinski definition) is 5. The molecule has 1 heterocycles. The number of carbonyl (C=O) groups is 2. The fourth-order valence-corrected chi connectivity index (χ4v) is 2.86. The molecule has 154 valence electrons. The molecule has 3 rings (SSSR count). The van der Waals surface area contributed by atoms with E-state index in [2.05, 4.69) is 10.6 Å². The summed E-state index contributed by atoms with van der Waals surface area (Å²) in [5.74, 6) is 0.868. The Morgan fingerprint density at radius 2 is 1.72 bits per heavy atom. The molecule has 1 unspecified atom stereocenters. The number of anilines is 1. The molecular weight excluding hydrogens is 372 g/mol. The van der Waals surface area contributed by atoms with Crippen LogP contribution in [0.15, 0.2) is 48.5 Å². The second-order valence-electron chi connectivity index (χ2n) is 7.74. The minimum atomic E-state index is -0.805. The van der Waals surface area contributed by atoms with E-state index in [9.17, 15) is 9.59 Å². The Morgan fingerprint density at radius 3 is 2.41 bits per heavy atom. The first-order valence-corrected chi connectivity index (χ1v) is 9.54. The molecule has 1 atom stereocenters. The van der Waals surface area contributed by atoms with Gasteiger partial charge in [0.1, 0.15) is 24.9 Å². The zero-order valence-electron chi connectivity index (χ0n) is 16.9. The van der Waals surface area contributed by atoms with Crippen LogP contribution in [0.3, 0.4) is 0 Å². The molecule has 1 aliphatic heterocycles. The van der Waals surface area contributed by atoms with E-state index in [-0.39, 0.29) is 5.91 Å². The van der Waals surface area contributed by atoms with Crippen molar-refractivity contribution < 1.29 is 23.8 Å². The van der Waals surface area contributed by atoms with Gasteiger partial charge in [-0.1, -0.05) is 30.3 Å². The number of nitrogens with one attached hydrogen (secondary N) is 2. The summed E-state index contributed by atoms with van der Waals surface area (Å²) in [6.45, 7) is 6.27. The van der Waals surface area contributed by atoms with Crippen LogP contribution >= 0.6 is 0 Å². The molecule has 2 aromatic rings. The number of carbonyl (C=O) groups excluding carboxylic acids is 2. The molecule has 0 saturated carbocycles. The Labute approximate surface area is 170 Å². The van der Waals surface area contributed by atoms with Gasteiger partial charge >= 0.3 is 6.09 Å². The fourth-order valence-electron chi connectivity index (χ4n) is 2.86. The largest absolute Gasteiger partial charge is 0.486 e. The Balaban J connectivity index is 1.73. The van der Waals surface area contributed by atoms with Crippen LogP contribution in [0.5, 0.6) is 11.5 Å². The predicted molar refractivity (Wildman–Crippen MR) is 109 cm³/mol. The standard InChI is InChI=1S/C22H26N2O5/c1-22(2,3)29-21(26)24-17(13-15-7-5-4-6-8-15)20(25)23-16-9-10-18-19(14-16)28-12-11-27-18/h4-10,14,17H,11-13H2,1-3H3,(H,23,25)(H,24,26). The van der Waals surface area contributed by atoms with E-state index in [1.165, 1.54) is 0 Å². The van der Waals surface area contributed by atoms with Gasteiger partial charge in [-0.25, -0.2) is 4.79 Å². The first-order chi connectivity index (χ1) is 13.8. The summed E-state index contributed by atoms with van der Waals surface area (Å²) in [6, 6.07) is 13.9. The summed E-state index contributed by atoms with van der Waals surface area (Å²) in [5, 5.41) is 5.51. The van der Waals surface area contributed by atoms with Gasteiger partial charge in [0.2, 0.25) is 5.91 Å². The molecule has 0 fully saturated rings. The molecule has 0 aromatic heterocycles. The average Bonchev–Trinajstić information content (AvgIpc) is 2.66. The Bertz CT molecular complexity index is 861. The zero-order chi connectivity index (χ0) is 20.9. The highest BCUT2D eigenvalue weighted by Gasteiger charge is 2.25. The summed E-state index contributed by atoms with van der Waals surface area (Å²) < 4.78 is 16.4. The molecule has 0 saturated heterocycles. The first-order valence-electron chi connectivity index (χ1n) is 9.54. The molecule has 2 aromatic carbocycles. The van der Waals surface area contributed by atoms with E-state index in [1.807, 2.05) is 30.3 Å². The Hall–Kier alpha value is -3.22. The van der Waals surface area contributed by atoms with Crippen molar-refractivity contribution in [2.75, 3.05) is 18.5 Å². The van der Waals surface area contributed by atoms with E-state index in [1.54, 1.807) is 39.0 Å². The molecule has 7 nitrogen and oxygen atoms in total. The molecule has 1 aliphatic rings. The molecule has 2 N–H and O–H groups in total. The highest BCUT2D eigenvalue weighted by atomic mass is 16.6. The lowest BCUT2D eigenvalue weighted by atomic mass is 10.1. The highest BCUT2D eigenvalue weighted by molar-refractivity contribution is 5.97. The van der Waals surface area contributed by atoms with Crippen molar-refractivity contribution in [3.63, 3.8) is 0 Å². The maximum absolute atomic E-state index is 12.9. The van der Waals surface area contributed by atoms with Crippen molar-refractivity contribution in [1.82, 2.24) is 5.32 Å². The smallest absolute Gasteiger partial charge is 0.408 e. The van der Waals surface area contributed by atoms with Gasteiger partial charge in [0, 0.05) is 18.2 Å². The first kappa shape index (κ1) is 20.5. The summed E-state index contributed by atoms with van der Waals surface area (Å²) in [5.41, 5.74) is 0.822. The highest BCUT2D eigenvalue weighted by Crippen LogP contribution is 2.32. The molecular formula is C22H26N2O5. The lowest BCUT2D eigenvalue weighted by Crippen LogP contribution is -2.47. The van der Waals surface area contributed by atoms with Crippen molar-refractivity contribution in [3.8, 4) is 11.5 Å². The number of benzene rings is 2. The SMILES string of the molecule is CC(C)(C)OC(=O)NC(Cc1ccccc1)C(=O)Nc1ccc2c(c1)OCCO2. The third kappa shape index (κ3) is 6.14. The maximum atomic E-state index is 12.9. The van der Waals surface area contributed by atoms with Crippen molar-refractivity contribution in [2.45, 2.75) is 38.8 Å². The minimum Gasteiger partial charge on any atom is -0.486 e. The number of amides is 2. The average molecular weight is 398 g/mol. The normalized spacial score (nSPS) is 13.9. The predicted octanol–water partition coefficient (Wildman–Crippen LogP) is 3.53. The molecule has 29 heavy (non-hydrogen) atoms. The summed E-state index contributed by atoms with van der Waals surface area (Å²) >= 11 is 0. The van der Waals surface area contributed by atoms with Crippen LogP contribution in [-0.4, -0.2) is 36.9 Å². The zero-order valence-corrected chi connectivity index (χ0v) is 16.9. The number of ether oxygens (including phenoxy) is 3. The van der Waals surface area contributed by atoms with Crippen LogP contribution in [0.25, 0.3) is 0 Å². The maximum Gasteiger partial charge on any atom is 0.408 e. The van der Waals surface area contributed by atoms with Gasteiger partial charge < -0.3 is 24.8 Å². The Kier molecular flexibility index (Phi) is 6.26. The van der Waals surface area contributed by atoms with Crippen LogP contribution in [0.2, 0.25) is 0 Å². The van der Waals surface area contributed by atoms with E-state index in [0.717, 1.165) is 5.56 Å². The topological polar surface area (TPSA) is 85.9 Å². The number of alkyl carbamates (subject to hydrolysis) is 1. The minimum absolute atomic E-state index is 0.330. The second kappa shape index (κ2) is 8.86. The molecule has 7 heteroatoms. The summed E-state index contributed by atoms with van der Waals surface area (Å²) in [4.78, 5) is 25.2. The van der Waals surface area contributed by atoms with E-state index < -0.39 is 17.7 Å². The van der Waals surface area contributed by atoms with Crippen LogP contribution in [0.4, 0.5) is 10.5 Å². The lowest BCUT2D eigenvalue weighted by molar-refractivity contribution is -0.118. The van der Waals surface area contributed by atoms with Crippen molar-refractivity contribution in [3.05, 3.63) is 54.1 Å². The van der Waals surface area contributed by atoms with Crippen molar-refractivity contribution >= 4 is 17.7 Å². The second-order valence-corrected chi connectivity index (χ2v) is 7.74. The number of fused-ring (bicyclic) bond motifs is 1. The summed E-state index contributed by atoms with van der Waals surface area (Å²) in [6.07, 6.45) is -0.313. The third-order valence-electron chi connectivity index (χ3n) is 4.10. The van der Waals surface area contributed by atoms with Gasteiger partial charge in [-0.05, 0) is 38.5 Å². The van der Waals surface area contributed by atoms with Crippen LogP contribution in [-0.2, 0) is 16.0 Å². The monoisotopic (exact) mass is 398 g/mol. The van der Waals surface area contributed by atoms with Gasteiger partial charge in [0.25, 0.3) is 0 Å².